The van der Waals surface area contributed by atoms with E-state index in [9.17, 15) is 34.8 Å². The number of ether oxygens (including phenoxy) is 4. The SMILES string of the molecule is CCCCCCCCCC/C=C\CCCCCCCCCCCC(=O)OCC(COC1OC(C(=O)O)C(O)C(O)C1O)OC(=O)CCCCCCCCCCC/C=C\CCCCCCCCCC. The highest BCUT2D eigenvalue weighted by molar-refractivity contribution is 5.73. The number of carboxylic acids is 1. The molecule has 0 radical (unpaired) electrons. The van der Waals surface area contributed by atoms with Gasteiger partial charge in [-0.2, -0.15) is 0 Å². The molecule has 0 aromatic carbocycles. The number of esters is 2. The van der Waals surface area contributed by atoms with Crippen molar-refractivity contribution in [1.29, 1.82) is 0 Å². The number of hydrogen-bond donors (Lipinski definition) is 4. The van der Waals surface area contributed by atoms with Crippen LogP contribution >= 0.6 is 0 Å². The van der Waals surface area contributed by atoms with Gasteiger partial charge >= 0.3 is 17.9 Å². The highest BCUT2D eigenvalue weighted by Crippen LogP contribution is 2.23. The van der Waals surface area contributed by atoms with E-state index in [2.05, 4.69) is 38.2 Å². The van der Waals surface area contributed by atoms with E-state index in [1.54, 1.807) is 0 Å². The summed E-state index contributed by atoms with van der Waals surface area (Å²) in [6.45, 7) is 3.86. The van der Waals surface area contributed by atoms with Crippen LogP contribution in [0.15, 0.2) is 24.3 Å². The molecule has 0 amide bonds. The van der Waals surface area contributed by atoms with Crippen LogP contribution in [0.5, 0.6) is 0 Å². The largest absolute Gasteiger partial charge is 0.479 e. The first-order valence-electron chi connectivity index (χ1n) is 28.4. The van der Waals surface area contributed by atoms with Gasteiger partial charge in [-0.25, -0.2) is 4.79 Å². The number of rotatable bonds is 49. The Hall–Kier alpha value is -2.31. The maximum Gasteiger partial charge on any atom is 0.335 e. The fourth-order valence-electron chi connectivity index (χ4n) is 8.81. The van der Waals surface area contributed by atoms with Crippen LogP contribution in [-0.4, -0.2) is 88.4 Å². The number of aliphatic hydroxyl groups excluding tert-OH is 3. The number of carbonyl (C=O) groups is 3. The summed E-state index contributed by atoms with van der Waals surface area (Å²) in [6, 6.07) is 0. The minimum atomic E-state index is -1.86. The average molecular weight is 965 g/mol. The van der Waals surface area contributed by atoms with Crippen molar-refractivity contribution in [2.24, 2.45) is 0 Å². The van der Waals surface area contributed by atoms with E-state index < -0.39 is 54.7 Å². The Balaban J connectivity index is 2.25. The highest BCUT2D eigenvalue weighted by atomic mass is 16.7. The first-order chi connectivity index (χ1) is 33.2. The van der Waals surface area contributed by atoms with Gasteiger partial charge in [0.1, 0.15) is 24.9 Å². The molecular formula is C57H104O11. The van der Waals surface area contributed by atoms with E-state index in [0.29, 0.717) is 12.8 Å². The summed E-state index contributed by atoms with van der Waals surface area (Å²) >= 11 is 0. The number of aliphatic carboxylic acids is 1. The van der Waals surface area contributed by atoms with Gasteiger partial charge in [0.15, 0.2) is 18.5 Å². The number of hydrogen-bond acceptors (Lipinski definition) is 10. The lowest BCUT2D eigenvalue weighted by Crippen LogP contribution is -2.60. The van der Waals surface area contributed by atoms with Crippen LogP contribution in [0.25, 0.3) is 0 Å². The van der Waals surface area contributed by atoms with Crippen LogP contribution in [0.3, 0.4) is 0 Å². The molecule has 6 atom stereocenters. The van der Waals surface area contributed by atoms with Gasteiger partial charge in [0.2, 0.25) is 0 Å². The lowest BCUT2D eigenvalue weighted by molar-refractivity contribution is -0.298. The molecule has 0 aromatic rings. The van der Waals surface area contributed by atoms with E-state index in [1.165, 1.54) is 193 Å². The molecular weight excluding hydrogens is 861 g/mol. The van der Waals surface area contributed by atoms with Crippen LogP contribution in [0.2, 0.25) is 0 Å². The Morgan fingerprint density at radius 3 is 1.15 bits per heavy atom. The third kappa shape index (κ3) is 37.5. The van der Waals surface area contributed by atoms with Crippen molar-refractivity contribution in [3.63, 3.8) is 0 Å². The van der Waals surface area contributed by atoms with Crippen molar-refractivity contribution in [3.8, 4) is 0 Å². The Kier molecular flexibility index (Phi) is 44.1. The van der Waals surface area contributed by atoms with Crippen LogP contribution in [0, 0.1) is 0 Å². The molecule has 0 aliphatic carbocycles. The maximum atomic E-state index is 12.9. The maximum absolute atomic E-state index is 12.9. The van der Waals surface area contributed by atoms with Crippen molar-refractivity contribution in [1.82, 2.24) is 0 Å². The molecule has 1 aliphatic rings. The number of allylic oxidation sites excluding steroid dienone is 4. The summed E-state index contributed by atoms with van der Waals surface area (Å²) in [5.74, 6) is -2.43. The van der Waals surface area contributed by atoms with Gasteiger partial charge in [-0.15, -0.1) is 0 Å². The summed E-state index contributed by atoms with van der Waals surface area (Å²) < 4.78 is 21.9. The molecule has 4 N–H and O–H groups in total. The second-order valence-corrected chi connectivity index (χ2v) is 19.8. The van der Waals surface area contributed by atoms with Crippen molar-refractivity contribution in [3.05, 3.63) is 24.3 Å². The normalized spacial score (nSPS) is 19.0. The van der Waals surface area contributed by atoms with Gasteiger partial charge in [0.05, 0.1) is 6.61 Å². The van der Waals surface area contributed by atoms with Gasteiger partial charge in [-0.05, 0) is 64.2 Å². The zero-order valence-corrected chi connectivity index (χ0v) is 43.6. The van der Waals surface area contributed by atoms with Gasteiger partial charge in [-0.3, -0.25) is 9.59 Å². The van der Waals surface area contributed by atoms with E-state index in [4.69, 9.17) is 18.9 Å². The van der Waals surface area contributed by atoms with E-state index in [1.807, 2.05) is 0 Å². The van der Waals surface area contributed by atoms with Crippen molar-refractivity contribution in [2.75, 3.05) is 13.2 Å². The summed E-state index contributed by atoms with van der Waals surface area (Å²) in [6.07, 6.45) is 46.6. The fraction of sp³-hybridized carbons (Fsp3) is 0.877. The summed E-state index contributed by atoms with van der Waals surface area (Å²) in [4.78, 5) is 37.1. The van der Waals surface area contributed by atoms with Crippen LogP contribution in [0.4, 0.5) is 0 Å². The predicted molar refractivity (Wildman–Crippen MR) is 275 cm³/mol. The number of unbranched alkanes of at least 4 members (excludes halogenated alkanes) is 34. The van der Waals surface area contributed by atoms with Crippen molar-refractivity contribution >= 4 is 17.9 Å². The molecule has 68 heavy (non-hydrogen) atoms. The average Bonchev–Trinajstić information content (AvgIpc) is 3.32. The summed E-state index contributed by atoms with van der Waals surface area (Å²) in [5, 5.41) is 40.0. The van der Waals surface area contributed by atoms with E-state index in [-0.39, 0.29) is 26.1 Å². The predicted octanol–water partition coefficient (Wildman–Crippen LogP) is 14.1. The minimum absolute atomic E-state index is 0.183. The zero-order valence-electron chi connectivity index (χ0n) is 43.6. The molecule has 1 rings (SSSR count). The molecule has 0 bridgehead atoms. The Morgan fingerprint density at radius 2 is 0.779 bits per heavy atom. The van der Waals surface area contributed by atoms with Gasteiger partial charge < -0.3 is 39.4 Å². The smallest absolute Gasteiger partial charge is 0.335 e. The topological polar surface area (TPSA) is 169 Å². The van der Waals surface area contributed by atoms with Gasteiger partial charge in [-0.1, -0.05) is 218 Å². The Labute approximate surface area is 415 Å². The quantitative estimate of drug-likeness (QED) is 0.0260. The van der Waals surface area contributed by atoms with Crippen LogP contribution < -0.4 is 0 Å². The molecule has 0 spiro atoms. The molecule has 6 unspecified atom stereocenters. The lowest BCUT2D eigenvalue weighted by atomic mass is 9.99. The highest BCUT2D eigenvalue weighted by Gasteiger charge is 2.47. The Morgan fingerprint density at radius 1 is 0.441 bits per heavy atom. The fourth-order valence-corrected chi connectivity index (χ4v) is 8.81. The minimum Gasteiger partial charge on any atom is -0.479 e. The third-order valence-electron chi connectivity index (χ3n) is 13.3. The molecule has 11 nitrogen and oxygen atoms in total. The van der Waals surface area contributed by atoms with Crippen molar-refractivity contribution < 1.29 is 53.8 Å². The third-order valence-corrected chi connectivity index (χ3v) is 13.3. The van der Waals surface area contributed by atoms with Gasteiger partial charge in [0, 0.05) is 12.8 Å². The Bertz CT molecular complexity index is 1220. The van der Waals surface area contributed by atoms with Crippen LogP contribution in [0.1, 0.15) is 271 Å². The molecule has 11 heteroatoms. The van der Waals surface area contributed by atoms with E-state index in [0.717, 1.165) is 38.5 Å². The monoisotopic (exact) mass is 965 g/mol. The number of aliphatic hydroxyl groups is 3. The van der Waals surface area contributed by atoms with E-state index >= 15 is 0 Å². The summed E-state index contributed by atoms with van der Waals surface area (Å²) in [7, 11) is 0. The summed E-state index contributed by atoms with van der Waals surface area (Å²) in [5.41, 5.74) is 0. The standard InChI is InChI=1S/C57H104O11/c1-3-5-7-9-11-13-15-17-19-21-23-25-27-29-31-33-35-37-39-41-43-45-50(58)65-47-49(48-66-57-54(62)52(60)53(61)55(68-57)56(63)64)67-51(59)46-44-42-40-38-36-34-32-30-28-26-24-22-20-18-16-14-12-10-8-6-4-2/h21-24,49,52-55,57,60-62H,3-20,25-48H2,1-2H3,(H,63,64)/b23-21-,24-22-. The lowest BCUT2D eigenvalue weighted by Gasteiger charge is -2.38. The zero-order chi connectivity index (χ0) is 49.6. The molecule has 0 aromatic heterocycles. The van der Waals surface area contributed by atoms with Crippen molar-refractivity contribution in [2.45, 2.75) is 307 Å². The molecule has 1 saturated heterocycles. The first-order valence-corrected chi connectivity index (χ1v) is 28.4. The second-order valence-electron chi connectivity index (χ2n) is 19.8. The van der Waals surface area contributed by atoms with Gasteiger partial charge in [0.25, 0.3) is 0 Å². The molecule has 1 fully saturated rings. The van der Waals surface area contributed by atoms with Crippen LogP contribution in [-0.2, 0) is 33.3 Å². The molecule has 398 valence electrons. The molecule has 1 heterocycles. The second kappa shape index (κ2) is 47.0. The molecule has 0 saturated carbocycles. The number of carbonyl (C=O) groups excluding carboxylic acids is 2. The molecule has 1 aliphatic heterocycles. The first kappa shape index (κ1) is 63.7. The number of carboxylic acid groups (broad SMARTS) is 1.